The van der Waals surface area contributed by atoms with Crippen molar-refractivity contribution in [3.8, 4) is 11.5 Å². The van der Waals surface area contributed by atoms with Crippen LogP contribution in [0.3, 0.4) is 0 Å². The van der Waals surface area contributed by atoms with Gasteiger partial charge in [0.1, 0.15) is 0 Å². The predicted molar refractivity (Wildman–Crippen MR) is 96.1 cm³/mol. The van der Waals surface area contributed by atoms with E-state index in [0.717, 1.165) is 25.7 Å². The van der Waals surface area contributed by atoms with Gasteiger partial charge in [0.05, 0.1) is 19.3 Å². The Morgan fingerprint density at radius 1 is 1.24 bits per heavy atom. The summed E-state index contributed by atoms with van der Waals surface area (Å²) in [6, 6.07) is 5.09. The third kappa shape index (κ3) is 5.19. The summed E-state index contributed by atoms with van der Waals surface area (Å²) in [5.41, 5.74) is 6.21. The van der Waals surface area contributed by atoms with Gasteiger partial charge < -0.3 is 20.5 Å². The average Bonchev–Trinajstić information content (AvgIpc) is 3.07. The number of rotatable bonds is 9. The number of nitrogens with two attached hydrogens (primary N) is 1. The summed E-state index contributed by atoms with van der Waals surface area (Å²) < 4.78 is 11.0. The minimum absolute atomic E-state index is 0.0230. The highest BCUT2D eigenvalue weighted by Gasteiger charge is 2.33. The molecule has 6 heteroatoms. The summed E-state index contributed by atoms with van der Waals surface area (Å²) in [5, 5.41) is 3.10. The lowest BCUT2D eigenvalue weighted by Crippen LogP contribution is -2.51. The fourth-order valence-corrected chi connectivity index (χ4v) is 3.21. The average molecular weight is 348 g/mol. The molecule has 1 aromatic carbocycles. The lowest BCUT2D eigenvalue weighted by atomic mass is 9.97. The second-order valence-electron chi connectivity index (χ2n) is 6.61. The molecule has 0 aromatic heterocycles. The molecule has 1 fully saturated rings. The third-order valence-corrected chi connectivity index (χ3v) is 4.73. The third-order valence-electron chi connectivity index (χ3n) is 4.73. The Morgan fingerprint density at radius 2 is 1.96 bits per heavy atom. The molecule has 1 aromatic rings. The topological polar surface area (TPSA) is 90.6 Å². The molecule has 2 rings (SSSR count). The van der Waals surface area contributed by atoms with Gasteiger partial charge in [-0.15, -0.1) is 0 Å². The normalized spacial score (nSPS) is 15.6. The van der Waals surface area contributed by atoms with E-state index in [0.29, 0.717) is 43.1 Å². The number of ketones is 1. The number of ether oxygens (including phenoxy) is 2. The molecule has 0 aliphatic heterocycles. The molecular formula is C19H28N2O4. The Kier molecular flexibility index (Phi) is 6.82. The van der Waals surface area contributed by atoms with Gasteiger partial charge >= 0.3 is 0 Å². The van der Waals surface area contributed by atoms with Gasteiger partial charge in [-0.05, 0) is 44.4 Å². The van der Waals surface area contributed by atoms with E-state index >= 15 is 0 Å². The summed E-state index contributed by atoms with van der Waals surface area (Å²) >= 11 is 0. The fraction of sp³-hybridized carbons (Fsp3) is 0.579. The number of nitrogens with one attached hydrogen (secondary N) is 1. The van der Waals surface area contributed by atoms with Crippen LogP contribution in [0.4, 0.5) is 0 Å². The molecule has 0 unspecified atom stereocenters. The van der Waals surface area contributed by atoms with E-state index in [9.17, 15) is 9.59 Å². The van der Waals surface area contributed by atoms with Gasteiger partial charge in [0.25, 0.3) is 0 Å². The Labute approximate surface area is 149 Å². The number of methoxy groups -OCH3 is 1. The highest BCUT2D eigenvalue weighted by molar-refractivity contribution is 5.94. The molecule has 1 aliphatic rings. The van der Waals surface area contributed by atoms with Gasteiger partial charge in [-0.3, -0.25) is 9.59 Å². The lowest BCUT2D eigenvalue weighted by Gasteiger charge is -2.28. The second-order valence-corrected chi connectivity index (χ2v) is 6.61. The van der Waals surface area contributed by atoms with Crippen molar-refractivity contribution in [1.29, 1.82) is 0 Å². The van der Waals surface area contributed by atoms with Gasteiger partial charge in [0, 0.05) is 18.5 Å². The molecule has 25 heavy (non-hydrogen) atoms. The molecule has 138 valence electrons. The van der Waals surface area contributed by atoms with Crippen LogP contribution in [0.15, 0.2) is 18.2 Å². The zero-order chi connectivity index (χ0) is 18.3. The van der Waals surface area contributed by atoms with E-state index in [2.05, 4.69) is 5.32 Å². The number of hydrogen-bond acceptors (Lipinski definition) is 5. The summed E-state index contributed by atoms with van der Waals surface area (Å²) in [6.45, 7) is 2.40. The van der Waals surface area contributed by atoms with Crippen molar-refractivity contribution in [2.24, 2.45) is 5.73 Å². The van der Waals surface area contributed by atoms with E-state index in [1.165, 1.54) is 14.0 Å². The Balaban J connectivity index is 1.79. The number of benzene rings is 1. The van der Waals surface area contributed by atoms with E-state index in [1.54, 1.807) is 18.2 Å². The summed E-state index contributed by atoms with van der Waals surface area (Å²) in [6.07, 6.45) is 5.17. The van der Waals surface area contributed by atoms with Crippen molar-refractivity contribution < 1.29 is 19.1 Å². The first-order valence-electron chi connectivity index (χ1n) is 8.82. The maximum absolute atomic E-state index is 12.1. The first-order valence-corrected chi connectivity index (χ1v) is 8.82. The number of carbonyl (C=O) groups is 2. The lowest BCUT2D eigenvalue weighted by molar-refractivity contribution is -0.123. The van der Waals surface area contributed by atoms with Crippen molar-refractivity contribution >= 4 is 11.7 Å². The SMILES string of the molecule is COc1cc(C(C)=O)ccc1OCCCC(=O)NC1(CN)CCCC1. The van der Waals surface area contributed by atoms with Gasteiger partial charge in [-0.2, -0.15) is 0 Å². The molecule has 0 heterocycles. The van der Waals surface area contributed by atoms with Crippen LogP contribution in [-0.4, -0.2) is 37.5 Å². The van der Waals surface area contributed by atoms with E-state index in [4.69, 9.17) is 15.2 Å². The van der Waals surface area contributed by atoms with E-state index in [-0.39, 0.29) is 17.2 Å². The predicted octanol–water partition coefficient (Wildman–Crippen LogP) is 2.44. The minimum Gasteiger partial charge on any atom is -0.493 e. The van der Waals surface area contributed by atoms with Crippen molar-refractivity contribution in [2.45, 2.75) is 51.0 Å². The van der Waals surface area contributed by atoms with Crippen LogP contribution in [0.25, 0.3) is 0 Å². The van der Waals surface area contributed by atoms with Gasteiger partial charge in [0.2, 0.25) is 5.91 Å². The largest absolute Gasteiger partial charge is 0.493 e. The van der Waals surface area contributed by atoms with Crippen molar-refractivity contribution in [1.82, 2.24) is 5.32 Å². The highest BCUT2D eigenvalue weighted by Crippen LogP contribution is 2.29. The quantitative estimate of drug-likeness (QED) is 0.528. The number of Topliss-reactive ketones (excluding diaryl/α,β-unsaturated/α-hetero) is 1. The molecule has 1 saturated carbocycles. The summed E-state index contributed by atoms with van der Waals surface area (Å²) in [5.74, 6) is 1.09. The van der Waals surface area contributed by atoms with Crippen LogP contribution in [0.2, 0.25) is 0 Å². The Hall–Kier alpha value is -2.08. The molecule has 3 N–H and O–H groups in total. The number of hydrogen-bond donors (Lipinski definition) is 2. The molecule has 0 spiro atoms. The van der Waals surface area contributed by atoms with Gasteiger partial charge in [-0.25, -0.2) is 0 Å². The molecule has 0 atom stereocenters. The smallest absolute Gasteiger partial charge is 0.220 e. The zero-order valence-corrected chi connectivity index (χ0v) is 15.1. The Morgan fingerprint density at radius 3 is 2.56 bits per heavy atom. The van der Waals surface area contributed by atoms with Gasteiger partial charge in [0.15, 0.2) is 17.3 Å². The van der Waals surface area contributed by atoms with Crippen LogP contribution in [0.1, 0.15) is 55.8 Å². The highest BCUT2D eigenvalue weighted by atomic mass is 16.5. The maximum Gasteiger partial charge on any atom is 0.220 e. The maximum atomic E-state index is 12.1. The summed E-state index contributed by atoms with van der Waals surface area (Å²) in [4.78, 5) is 23.5. The van der Waals surface area contributed by atoms with Gasteiger partial charge in [-0.1, -0.05) is 12.8 Å². The van der Waals surface area contributed by atoms with Crippen molar-refractivity contribution in [2.75, 3.05) is 20.3 Å². The first-order chi connectivity index (χ1) is 12.0. The molecule has 1 aliphatic carbocycles. The van der Waals surface area contributed by atoms with Crippen LogP contribution in [0.5, 0.6) is 11.5 Å². The molecule has 0 bridgehead atoms. The minimum atomic E-state index is -0.205. The number of amides is 1. The fourth-order valence-electron chi connectivity index (χ4n) is 3.21. The molecule has 0 radical (unpaired) electrons. The Bertz CT molecular complexity index is 609. The van der Waals surface area contributed by atoms with Crippen LogP contribution >= 0.6 is 0 Å². The molecule has 0 saturated heterocycles. The summed E-state index contributed by atoms with van der Waals surface area (Å²) in [7, 11) is 1.54. The zero-order valence-electron chi connectivity index (χ0n) is 15.1. The monoisotopic (exact) mass is 348 g/mol. The number of carbonyl (C=O) groups excluding carboxylic acids is 2. The molecule has 1 amide bonds. The van der Waals surface area contributed by atoms with Crippen molar-refractivity contribution in [3.05, 3.63) is 23.8 Å². The second kappa shape index (κ2) is 8.85. The van der Waals surface area contributed by atoms with Crippen molar-refractivity contribution in [3.63, 3.8) is 0 Å². The van der Waals surface area contributed by atoms with E-state index < -0.39 is 0 Å². The molecular weight excluding hydrogens is 320 g/mol. The van der Waals surface area contributed by atoms with Crippen LogP contribution in [0, 0.1) is 0 Å². The van der Waals surface area contributed by atoms with Crippen LogP contribution in [-0.2, 0) is 4.79 Å². The molecule has 6 nitrogen and oxygen atoms in total. The standard InChI is InChI=1S/C19H28N2O4/c1-14(22)15-7-8-16(17(12-15)24-2)25-11-5-6-18(23)21-19(13-20)9-3-4-10-19/h7-8,12H,3-6,9-11,13,20H2,1-2H3,(H,21,23). The first kappa shape index (κ1) is 19.2. The van der Waals surface area contributed by atoms with Crippen LogP contribution < -0.4 is 20.5 Å². The van der Waals surface area contributed by atoms with E-state index in [1.807, 2.05) is 0 Å².